The van der Waals surface area contributed by atoms with Crippen LogP contribution in [0, 0.1) is 5.92 Å². The van der Waals surface area contributed by atoms with Gasteiger partial charge in [0.05, 0.1) is 17.9 Å². The van der Waals surface area contributed by atoms with Crippen LogP contribution in [0.15, 0.2) is 23.6 Å². The van der Waals surface area contributed by atoms with Crippen molar-refractivity contribution in [3.63, 3.8) is 0 Å². The summed E-state index contributed by atoms with van der Waals surface area (Å²) in [7, 11) is -1.13. The van der Waals surface area contributed by atoms with Crippen molar-refractivity contribution in [1.82, 2.24) is 14.9 Å². The number of hydrogen-bond donors (Lipinski definition) is 1. The monoisotopic (exact) mass is 455 g/mol. The van der Waals surface area contributed by atoms with Gasteiger partial charge in [-0.1, -0.05) is 24.8 Å². The minimum Gasteiger partial charge on any atom is -0.361 e. The molecule has 1 aliphatic heterocycles. The lowest BCUT2D eigenvalue weighted by Gasteiger charge is -2.41. The zero-order valence-electron chi connectivity index (χ0n) is 19.3. The summed E-state index contributed by atoms with van der Waals surface area (Å²) in [6.45, 7) is 9.35. The SMILES string of the molecule is C[Si](C)(C)CCOCn1ccc2c3c(cnc21)C(=O)NCN3[C@H]1CC[C@H](CN=[N+]=[N-])CC1. The number of azide groups is 1. The van der Waals surface area contributed by atoms with Crippen molar-refractivity contribution in [2.24, 2.45) is 11.0 Å². The first-order chi connectivity index (χ1) is 15.4. The molecule has 2 aromatic rings. The first kappa shape index (κ1) is 22.6. The molecule has 4 rings (SSSR count). The molecule has 1 aliphatic carbocycles. The summed E-state index contributed by atoms with van der Waals surface area (Å²) in [5, 5.41) is 7.77. The predicted octanol–water partition coefficient (Wildman–Crippen LogP) is 4.73. The number of nitrogens with one attached hydrogen (secondary N) is 1. The Bertz CT molecular complexity index is 1020. The average Bonchev–Trinajstić information content (AvgIpc) is 3.19. The lowest BCUT2D eigenvalue weighted by Crippen LogP contribution is -2.49. The van der Waals surface area contributed by atoms with Gasteiger partial charge in [0.15, 0.2) is 0 Å². The molecule has 0 saturated heterocycles. The van der Waals surface area contributed by atoms with E-state index in [1.165, 1.54) is 0 Å². The molecule has 32 heavy (non-hydrogen) atoms. The first-order valence-corrected chi connectivity index (χ1v) is 15.2. The highest BCUT2D eigenvalue weighted by atomic mass is 28.3. The van der Waals surface area contributed by atoms with E-state index >= 15 is 0 Å². The smallest absolute Gasteiger partial charge is 0.256 e. The Morgan fingerprint density at radius 3 is 2.81 bits per heavy atom. The highest BCUT2D eigenvalue weighted by molar-refractivity contribution is 6.76. The van der Waals surface area contributed by atoms with Crippen molar-refractivity contribution in [3.05, 3.63) is 34.5 Å². The fourth-order valence-electron chi connectivity index (χ4n) is 4.68. The van der Waals surface area contributed by atoms with Gasteiger partial charge in [0.2, 0.25) is 0 Å². The molecule has 0 atom stereocenters. The van der Waals surface area contributed by atoms with E-state index in [4.69, 9.17) is 10.3 Å². The zero-order chi connectivity index (χ0) is 22.7. The Morgan fingerprint density at radius 2 is 2.09 bits per heavy atom. The van der Waals surface area contributed by atoms with Crippen molar-refractivity contribution < 1.29 is 9.53 Å². The van der Waals surface area contributed by atoms with E-state index in [1.807, 2.05) is 10.8 Å². The molecule has 1 fully saturated rings. The van der Waals surface area contributed by atoms with Crippen molar-refractivity contribution in [2.45, 2.75) is 64.1 Å². The highest BCUT2D eigenvalue weighted by Gasteiger charge is 2.33. The summed E-state index contributed by atoms with van der Waals surface area (Å²) in [5.41, 5.74) is 11.1. The Hall–Kier alpha value is -2.55. The second-order valence-electron chi connectivity index (χ2n) is 10.1. The van der Waals surface area contributed by atoms with Crippen molar-refractivity contribution in [3.8, 4) is 0 Å². The number of anilines is 1. The second kappa shape index (κ2) is 9.52. The van der Waals surface area contributed by atoms with Crippen molar-refractivity contribution in [1.29, 1.82) is 0 Å². The van der Waals surface area contributed by atoms with E-state index in [0.29, 0.717) is 37.5 Å². The van der Waals surface area contributed by atoms with Gasteiger partial charge in [-0.2, -0.15) is 0 Å². The molecule has 0 aromatic carbocycles. The van der Waals surface area contributed by atoms with Gasteiger partial charge in [-0.25, -0.2) is 4.98 Å². The van der Waals surface area contributed by atoms with Crippen LogP contribution in [0.4, 0.5) is 5.69 Å². The topological polar surface area (TPSA) is 108 Å². The van der Waals surface area contributed by atoms with Crippen molar-refractivity contribution in [2.75, 3.05) is 24.7 Å². The number of amides is 1. The standard InChI is InChI=1S/C22H33N7O2Si/c1-32(2,3)11-10-31-15-28-9-8-18-20-19(13-24-21(18)28)22(30)25-14-29(20)17-6-4-16(5-7-17)12-26-27-23/h8-9,13,16-17H,4-7,10-12,14-15H2,1-3H3,(H,25,30)/t16-,17-. The Morgan fingerprint density at radius 1 is 1.31 bits per heavy atom. The van der Waals surface area contributed by atoms with Crippen molar-refractivity contribution >= 4 is 30.7 Å². The number of nitrogens with zero attached hydrogens (tertiary/aromatic N) is 6. The molecule has 1 saturated carbocycles. The van der Waals surface area contributed by atoms with E-state index in [1.54, 1.807) is 6.20 Å². The summed E-state index contributed by atoms with van der Waals surface area (Å²) in [5.74, 6) is 0.384. The van der Waals surface area contributed by atoms with E-state index in [0.717, 1.165) is 55.1 Å². The molecular formula is C22H33N7O2Si. The summed E-state index contributed by atoms with van der Waals surface area (Å²) in [6.07, 6.45) is 7.81. The fraction of sp³-hybridized carbons (Fsp3) is 0.636. The van der Waals surface area contributed by atoms with E-state index in [-0.39, 0.29) is 5.91 Å². The third kappa shape index (κ3) is 4.92. The quantitative estimate of drug-likeness (QED) is 0.204. The molecule has 9 nitrogen and oxygen atoms in total. The molecule has 172 valence electrons. The van der Waals surface area contributed by atoms with Gasteiger partial charge < -0.3 is 19.5 Å². The highest BCUT2D eigenvalue weighted by Crippen LogP contribution is 2.37. The minimum atomic E-state index is -1.13. The molecule has 1 amide bonds. The van der Waals surface area contributed by atoms with Crippen LogP contribution in [-0.2, 0) is 11.5 Å². The molecule has 2 aliphatic rings. The number of aromatic nitrogens is 2. The van der Waals surface area contributed by atoms with Gasteiger partial charge in [-0.3, -0.25) is 4.79 Å². The largest absolute Gasteiger partial charge is 0.361 e. The fourth-order valence-corrected chi connectivity index (χ4v) is 5.44. The molecular weight excluding hydrogens is 422 g/mol. The Balaban J connectivity index is 1.54. The van der Waals surface area contributed by atoms with Crippen LogP contribution in [0.5, 0.6) is 0 Å². The van der Waals surface area contributed by atoms with Gasteiger partial charge >= 0.3 is 0 Å². The van der Waals surface area contributed by atoms with Gasteiger partial charge in [0, 0.05) is 50.0 Å². The van der Waals surface area contributed by atoms with Crippen LogP contribution in [-0.4, -0.2) is 49.4 Å². The van der Waals surface area contributed by atoms with Crippen LogP contribution >= 0.6 is 0 Å². The average molecular weight is 456 g/mol. The maximum absolute atomic E-state index is 12.6. The summed E-state index contributed by atoms with van der Waals surface area (Å²) in [4.78, 5) is 22.4. The molecule has 10 heteroatoms. The van der Waals surface area contributed by atoms with Gasteiger partial charge in [-0.15, -0.1) is 0 Å². The second-order valence-corrected chi connectivity index (χ2v) is 15.7. The summed E-state index contributed by atoms with van der Waals surface area (Å²) >= 11 is 0. The first-order valence-electron chi connectivity index (χ1n) is 11.5. The number of carbonyl (C=O) groups excluding carboxylic acids is 1. The normalized spacial score (nSPS) is 21.2. The van der Waals surface area contributed by atoms with Crippen LogP contribution < -0.4 is 10.2 Å². The predicted molar refractivity (Wildman–Crippen MR) is 128 cm³/mol. The zero-order valence-corrected chi connectivity index (χ0v) is 20.3. The number of pyridine rings is 1. The van der Waals surface area contributed by atoms with Gasteiger partial charge in [0.1, 0.15) is 12.4 Å². The number of ether oxygens (including phenoxy) is 1. The molecule has 1 N–H and O–H groups in total. The Kier molecular flexibility index (Phi) is 6.73. The van der Waals surface area contributed by atoms with E-state index in [9.17, 15) is 4.79 Å². The lowest BCUT2D eigenvalue weighted by atomic mass is 9.85. The van der Waals surface area contributed by atoms with Crippen LogP contribution in [0.1, 0.15) is 36.0 Å². The molecule has 0 bridgehead atoms. The minimum absolute atomic E-state index is 0.0678. The molecule has 0 spiro atoms. The molecule has 3 heterocycles. The molecule has 0 unspecified atom stereocenters. The lowest BCUT2D eigenvalue weighted by molar-refractivity contribution is 0.0899. The Labute approximate surface area is 189 Å². The maximum Gasteiger partial charge on any atom is 0.256 e. The van der Waals surface area contributed by atoms with Crippen LogP contribution in [0.25, 0.3) is 21.5 Å². The van der Waals surface area contributed by atoms with Gasteiger partial charge in [-0.05, 0) is 49.2 Å². The third-order valence-corrected chi connectivity index (χ3v) is 8.29. The summed E-state index contributed by atoms with van der Waals surface area (Å²) in [6, 6.07) is 3.53. The van der Waals surface area contributed by atoms with Crippen LogP contribution in [0.3, 0.4) is 0 Å². The summed E-state index contributed by atoms with van der Waals surface area (Å²) < 4.78 is 7.97. The maximum atomic E-state index is 12.6. The van der Waals surface area contributed by atoms with Gasteiger partial charge in [0.25, 0.3) is 5.91 Å². The third-order valence-electron chi connectivity index (χ3n) is 6.59. The number of hydrogen-bond acceptors (Lipinski definition) is 5. The van der Waals surface area contributed by atoms with E-state index < -0.39 is 8.07 Å². The number of carbonyl (C=O) groups is 1. The molecule has 0 radical (unpaired) electrons. The van der Waals surface area contributed by atoms with E-state index in [2.05, 4.69) is 50.9 Å². The molecule has 2 aromatic heterocycles. The van der Waals surface area contributed by atoms with Crippen LogP contribution in [0.2, 0.25) is 25.7 Å². The number of fused-ring (bicyclic) bond motifs is 3. The number of rotatable bonds is 8.